The highest BCUT2D eigenvalue weighted by atomic mass is 19.2. The number of halogens is 4. The van der Waals surface area contributed by atoms with E-state index in [1.54, 1.807) is 19.2 Å². The van der Waals surface area contributed by atoms with Gasteiger partial charge in [-0.1, -0.05) is 63.6 Å². The summed E-state index contributed by atoms with van der Waals surface area (Å²) in [5.41, 5.74) is 8.72. The van der Waals surface area contributed by atoms with Crippen LogP contribution in [0.1, 0.15) is 74.6 Å². The van der Waals surface area contributed by atoms with Gasteiger partial charge in [-0.3, -0.25) is 9.98 Å². The first kappa shape index (κ1) is 33.5. The average molecular weight is 568 g/mol. The first-order chi connectivity index (χ1) is 19.5. The lowest BCUT2D eigenvalue weighted by Gasteiger charge is -2.21. The van der Waals surface area contributed by atoms with Gasteiger partial charge in [0, 0.05) is 42.1 Å². The summed E-state index contributed by atoms with van der Waals surface area (Å²) in [7, 11) is 1.53. The summed E-state index contributed by atoms with van der Waals surface area (Å²) < 4.78 is 58.5. The van der Waals surface area contributed by atoms with E-state index in [1.807, 2.05) is 0 Å². The van der Waals surface area contributed by atoms with E-state index in [9.17, 15) is 13.2 Å². The molecule has 1 unspecified atom stereocenters. The zero-order valence-corrected chi connectivity index (χ0v) is 24.6. The molecule has 2 rings (SSSR count). The van der Waals surface area contributed by atoms with Gasteiger partial charge in [-0.25, -0.2) is 17.6 Å². The normalized spacial score (nSPS) is 13.3. The molecule has 7 heteroatoms. The first-order valence-electron chi connectivity index (χ1n) is 13.8. The smallest absolute Gasteiger partial charge is 0.165 e. The predicted octanol–water partition coefficient (Wildman–Crippen LogP) is 9.10. The van der Waals surface area contributed by atoms with Crippen LogP contribution in [0.3, 0.4) is 0 Å². The number of nitrogens with two attached hydrogens (primary N) is 1. The number of hydrogen-bond acceptors (Lipinski definition) is 3. The fourth-order valence-electron chi connectivity index (χ4n) is 4.84. The van der Waals surface area contributed by atoms with Crippen molar-refractivity contribution in [3.63, 3.8) is 0 Å². The SMILES string of the molecule is C=CC(=C)CCC(CCCC)C/C(N=CC)=C(/C(=C)N)C(=NC)c1ccc(Cc2c(F)c(C)cc(F)c2F)cc1F. The first-order valence-corrected chi connectivity index (χ1v) is 13.8. The van der Waals surface area contributed by atoms with Gasteiger partial charge in [-0.05, 0) is 68.4 Å². The van der Waals surface area contributed by atoms with E-state index in [-0.39, 0.29) is 40.4 Å². The zero-order valence-electron chi connectivity index (χ0n) is 24.6. The van der Waals surface area contributed by atoms with Gasteiger partial charge in [0.2, 0.25) is 0 Å². The Kier molecular flexibility index (Phi) is 13.0. The number of rotatable bonds is 15. The molecule has 0 saturated carbocycles. The molecule has 0 spiro atoms. The Labute approximate surface area is 242 Å². The van der Waals surface area contributed by atoms with Gasteiger partial charge >= 0.3 is 0 Å². The third-order valence-electron chi connectivity index (χ3n) is 7.06. The lowest BCUT2D eigenvalue weighted by molar-refractivity contribution is 0.430. The van der Waals surface area contributed by atoms with Crippen LogP contribution in [0.5, 0.6) is 0 Å². The molecule has 3 nitrogen and oxygen atoms in total. The van der Waals surface area contributed by atoms with Crippen LogP contribution in [0.25, 0.3) is 0 Å². The second-order valence-corrected chi connectivity index (χ2v) is 10.2. The van der Waals surface area contributed by atoms with Crippen LogP contribution in [0, 0.1) is 36.1 Å². The van der Waals surface area contributed by atoms with Crippen molar-refractivity contribution in [3.8, 4) is 0 Å². The predicted molar refractivity (Wildman–Crippen MR) is 163 cm³/mol. The molecule has 41 heavy (non-hydrogen) atoms. The number of aliphatic imine (C=N–C) groups is 2. The largest absolute Gasteiger partial charge is 0.399 e. The van der Waals surface area contributed by atoms with Gasteiger partial charge in [0.1, 0.15) is 11.6 Å². The summed E-state index contributed by atoms with van der Waals surface area (Å²) in [5.74, 6) is -3.69. The standard InChI is InChI=1S/C34H41F4N3/c1-8-11-12-24(14-13-21(4)9-2)20-30(41-10-3)31(23(6)39)34(40-7)26-16-15-25(19-28(26)35)18-27-32(37)22(5)17-29(36)33(27)38/h9-10,15-17,19,24H,2,4,6,8,11-14,18,20,39H2,1,3,5,7H3/b31-30+,40-34?,41-10?. The Bertz CT molecular complexity index is 1340. The monoisotopic (exact) mass is 567 g/mol. The van der Waals surface area contributed by atoms with E-state index in [0.717, 1.165) is 43.7 Å². The summed E-state index contributed by atoms with van der Waals surface area (Å²) in [6.07, 6.45) is 8.44. The van der Waals surface area contributed by atoms with Crippen LogP contribution >= 0.6 is 0 Å². The van der Waals surface area contributed by atoms with Crippen molar-refractivity contribution in [1.82, 2.24) is 0 Å². The van der Waals surface area contributed by atoms with E-state index in [2.05, 4.69) is 36.6 Å². The van der Waals surface area contributed by atoms with Crippen LogP contribution in [-0.2, 0) is 6.42 Å². The molecule has 0 radical (unpaired) electrons. The highest BCUT2D eigenvalue weighted by Gasteiger charge is 2.23. The number of benzene rings is 2. The summed E-state index contributed by atoms with van der Waals surface area (Å²) >= 11 is 0. The molecule has 2 aromatic carbocycles. The maximum Gasteiger partial charge on any atom is 0.165 e. The van der Waals surface area contributed by atoms with Gasteiger partial charge in [0.05, 0.1) is 11.4 Å². The van der Waals surface area contributed by atoms with Gasteiger partial charge < -0.3 is 5.73 Å². The van der Waals surface area contributed by atoms with E-state index in [0.29, 0.717) is 17.7 Å². The van der Waals surface area contributed by atoms with Crippen molar-refractivity contribution in [2.45, 2.75) is 65.7 Å². The molecule has 1 atom stereocenters. The Balaban J connectivity index is 2.54. The van der Waals surface area contributed by atoms with Crippen LogP contribution in [0.4, 0.5) is 17.6 Å². The number of aryl methyl sites for hydroxylation is 1. The average Bonchev–Trinajstić information content (AvgIpc) is 2.94. The second-order valence-electron chi connectivity index (χ2n) is 10.2. The van der Waals surface area contributed by atoms with Crippen LogP contribution in [0.15, 0.2) is 82.6 Å². The molecule has 0 amide bonds. The van der Waals surface area contributed by atoms with Gasteiger partial charge in [0.15, 0.2) is 11.6 Å². The Hall–Kier alpha value is -3.74. The quantitative estimate of drug-likeness (QED) is 0.0992. The molecule has 0 aromatic heterocycles. The number of unbranched alkanes of at least 4 members (excludes halogenated alkanes) is 1. The lowest BCUT2D eigenvalue weighted by Crippen LogP contribution is -2.17. The maximum absolute atomic E-state index is 15.6. The molecule has 2 aromatic rings. The van der Waals surface area contributed by atoms with Crippen molar-refractivity contribution in [3.05, 3.63) is 118 Å². The molecule has 220 valence electrons. The molecular formula is C34H41F4N3. The summed E-state index contributed by atoms with van der Waals surface area (Å²) in [5, 5.41) is 0. The van der Waals surface area contributed by atoms with E-state index in [4.69, 9.17) is 5.73 Å². The Morgan fingerprint density at radius 1 is 1.05 bits per heavy atom. The Morgan fingerprint density at radius 3 is 2.32 bits per heavy atom. The van der Waals surface area contributed by atoms with Crippen molar-refractivity contribution < 1.29 is 17.6 Å². The van der Waals surface area contributed by atoms with Gasteiger partial charge in [-0.15, -0.1) is 0 Å². The highest BCUT2D eigenvalue weighted by Crippen LogP contribution is 2.31. The number of nitrogens with zero attached hydrogens (tertiary/aromatic N) is 2. The van der Waals surface area contributed by atoms with Crippen LogP contribution < -0.4 is 5.73 Å². The van der Waals surface area contributed by atoms with Crippen molar-refractivity contribution in [2.24, 2.45) is 21.6 Å². The molecule has 0 aliphatic rings. The van der Waals surface area contributed by atoms with E-state index < -0.39 is 28.8 Å². The number of allylic oxidation sites excluding steroid dienone is 4. The topological polar surface area (TPSA) is 50.7 Å². The number of hydrogen-bond donors (Lipinski definition) is 1. The fraction of sp³-hybridized carbons (Fsp3) is 0.353. The molecule has 0 saturated heterocycles. The summed E-state index contributed by atoms with van der Waals surface area (Å²) in [4.78, 5) is 9.00. The minimum absolute atomic E-state index is 0.0253. The molecule has 0 aliphatic carbocycles. The molecular weight excluding hydrogens is 526 g/mol. The Morgan fingerprint density at radius 2 is 1.76 bits per heavy atom. The molecule has 2 N–H and O–H groups in total. The zero-order chi connectivity index (χ0) is 30.7. The maximum atomic E-state index is 15.6. The molecule has 0 fully saturated rings. The minimum Gasteiger partial charge on any atom is -0.399 e. The van der Waals surface area contributed by atoms with Crippen molar-refractivity contribution >= 4 is 11.9 Å². The van der Waals surface area contributed by atoms with E-state index in [1.165, 1.54) is 32.2 Å². The van der Waals surface area contributed by atoms with Crippen LogP contribution in [-0.4, -0.2) is 19.0 Å². The van der Waals surface area contributed by atoms with Crippen molar-refractivity contribution in [1.29, 1.82) is 0 Å². The third-order valence-corrected chi connectivity index (χ3v) is 7.06. The summed E-state index contributed by atoms with van der Waals surface area (Å²) in [6, 6.07) is 4.99. The van der Waals surface area contributed by atoms with Gasteiger partial charge in [-0.2, -0.15) is 0 Å². The van der Waals surface area contributed by atoms with Crippen LogP contribution in [0.2, 0.25) is 0 Å². The molecule has 0 bridgehead atoms. The fourth-order valence-corrected chi connectivity index (χ4v) is 4.84. The summed E-state index contributed by atoms with van der Waals surface area (Å²) in [6.45, 7) is 17.1. The van der Waals surface area contributed by atoms with Crippen molar-refractivity contribution in [2.75, 3.05) is 7.05 Å². The minimum atomic E-state index is -1.28. The second kappa shape index (κ2) is 15.9. The highest BCUT2D eigenvalue weighted by molar-refractivity contribution is 6.15. The lowest BCUT2D eigenvalue weighted by atomic mass is 9.87. The van der Waals surface area contributed by atoms with E-state index >= 15 is 4.39 Å². The third kappa shape index (κ3) is 8.87. The molecule has 0 heterocycles. The van der Waals surface area contributed by atoms with Gasteiger partial charge in [0.25, 0.3) is 0 Å². The molecule has 0 aliphatic heterocycles.